The number of benzene rings is 1. The zero-order valence-corrected chi connectivity index (χ0v) is 18.4. The molecule has 1 aliphatic rings. The van der Waals surface area contributed by atoms with E-state index in [0.29, 0.717) is 6.54 Å². The third-order valence-electron chi connectivity index (χ3n) is 3.97. The molecule has 0 spiro atoms. The number of hydrogen-bond donors (Lipinski definition) is 2. The molecule has 0 bridgehead atoms. The maximum atomic E-state index is 5.38. The first-order valence-electron chi connectivity index (χ1n) is 8.77. The van der Waals surface area contributed by atoms with Crippen LogP contribution in [0.15, 0.2) is 34.2 Å². The Morgan fingerprint density at radius 2 is 1.92 bits per heavy atom. The van der Waals surface area contributed by atoms with Gasteiger partial charge < -0.3 is 15.4 Å². The normalized spacial score (nSPS) is 15.5. The van der Waals surface area contributed by atoms with Gasteiger partial charge >= 0.3 is 0 Å². The Morgan fingerprint density at radius 1 is 1.20 bits per heavy atom. The second-order valence-electron chi connectivity index (χ2n) is 5.78. The summed E-state index contributed by atoms with van der Waals surface area (Å²) < 4.78 is 5.38. The maximum Gasteiger partial charge on any atom is 0.191 e. The van der Waals surface area contributed by atoms with Gasteiger partial charge in [0.2, 0.25) is 0 Å². The van der Waals surface area contributed by atoms with Gasteiger partial charge in [-0.1, -0.05) is 12.1 Å². The molecule has 0 atom stereocenters. The summed E-state index contributed by atoms with van der Waals surface area (Å²) in [7, 11) is 0. The smallest absolute Gasteiger partial charge is 0.191 e. The van der Waals surface area contributed by atoms with Gasteiger partial charge in [-0.25, -0.2) is 4.99 Å². The Balaban J connectivity index is 0.00000312. The van der Waals surface area contributed by atoms with E-state index in [4.69, 9.17) is 4.74 Å². The van der Waals surface area contributed by atoms with Gasteiger partial charge in [0.25, 0.3) is 0 Å². The number of rotatable bonds is 8. The van der Waals surface area contributed by atoms with Crippen molar-refractivity contribution in [1.29, 1.82) is 0 Å². The van der Waals surface area contributed by atoms with Crippen LogP contribution >= 0.6 is 35.7 Å². The minimum Gasteiger partial charge on any atom is -0.379 e. The number of thioether (sulfide) groups is 1. The zero-order chi connectivity index (χ0) is 17.0. The molecular formula is C18H31IN4OS. The minimum atomic E-state index is 0. The van der Waals surface area contributed by atoms with E-state index in [1.165, 1.54) is 10.5 Å². The van der Waals surface area contributed by atoms with Crippen LogP contribution in [-0.2, 0) is 11.3 Å². The molecule has 1 aromatic carbocycles. The summed E-state index contributed by atoms with van der Waals surface area (Å²) in [5, 5.41) is 6.74. The van der Waals surface area contributed by atoms with Crippen LogP contribution in [0.3, 0.4) is 0 Å². The molecule has 0 radical (unpaired) electrons. The molecule has 0 saturated carbocycles. The fraction of sp³-hybridized carbons (Fsp3) is 0.611. The van der Waals surface area contributed by atoms with Crippen molar-refractivity contribution in [3.8, 4) is 0 Å². The Bertz CT molecular complexity index is 492. The average Bonchev–Trinajstić information content (AvgIpc) is 2.64. The largest absolute Gasteiger partial charge is 0.379 e. The van der Waals surface area contributed by atoms with E-state index in [1.54, 1.807) is 11.8 Å². The van der Waals surface area contributed by atoms with Gasteiger partial charge in [0.15, 0.2) is 5.96 Å². The SMILES string of the molecule is CCNC(=NCc1ccc(SC)cc1)NCCCN1CCOCC1.I. The number of morpholine rings is 1. The summed E-state index contributed by atoms with van der Waals surface area (Å²) >= 11 is 1.76. The number of halogens is 1. The lowest BCUT2D eigenvalue weighted by atomic mass is 10.2. The molecule has 0 aromatic heterocycles. The summed E-state index contributed by atoms with van der Waals surface area (Å²) in [6.07, 6.45) is 3.21. The summed E-state index contributed by atoms with van der Waals surface area (Å²) in [6.45, 7) is 9.58. The van der Waals surface area contributed by atoms with Gasteiger partial charge in [0.05, 0.1) is 19.8 Å². The number of ether oxygens (including phenoxy) is 1. The van der Waals surface area contributed by atoms with Crippen LogP contribution in [0.4, 0.5) is 0 Å². The fourth-order valence-corrected chi connectivity index (χ4v) is 2.99. The third kappa shape index (κ3) is 9.12. The molecule has 1 fully saturated rings. The Kier molecular flexibility index (Phi) is 12.3. The van der Waals surface area contributed by atoms with Crippen molar-refractivity contribution in [1.82, 2.24) is 15.5 Å². The number of nitrogens with one attached hydrogen (secondary N) is 2. The fourth-order valence-electron chi connectivity index (χ4n) is 2.58. The summed E-state index contributed by atoms with van der Waals surface area (Å²) in [4.78, 5) is 8.43. The molecule has 0 unspecified atom stereocenters. The van der Waals surface area contributed by atoms with Gasteiger partial charge in [0, 0.05) is 31.1 Å². The molecule has 2 N–H and O–H groups in total. The molecular weight excluding hydrogens is 447 g/mol. The average molecular weight is 478 g/mol. The predicted molar refractivity (Wildman–Crippen MR) is 118 cm³/mol. The van der Waals surface area contributed by atoms with Crippen molar-refractivity contribution in [2.75, 3.05) is 52.2 Å². The van der Waals surface area contributed by atoms with E-state index in [9.17, 15) is 0 Å². The van der Waals surface area contributed by atoms with Crippen molar-refractivity contribution in [2.45, 2.75) is 24.8 Å². The first-order valence-corrected chi connectivity index (χ1v) is 9.99. The lowest BCUT2D eigenvalue weighted by molar-refractivity contribution is 0.0376. The van der Waals surface area contributed by atoms with Crippen molar-refractivity contribution in [3.63, 3.8) is 0 Å². The Hall–Kier alpha value is -0.510. The molecule has 0 amide bonds. The van der Waals surface area contributed by atoms with Gasteiger partial charge in [-0.05, 0) is 43.8 Å². The highest BCUT2D eigenvalue weighted by Crippen LogP contribution is 2.15. The minimum absolute atomic E-state index is 0. The molecule has 1 heterocycles. The molecule has 2 rings (SSSR count). The van der Waals surface area contributed by atoms with Crippen LogP contribution in [0.2, 0.25) is 0 Å². The second-order valence-corrected chi connectivity index (χ2v) is 6.66. The number of aliphatic imine (C=N–C) groups is 1. The van der Waals surface area contributed by atoms with Crippen LogP contribution in [0.25, 0.3) is 0 Å². The molecule has 1 aromatic rings. The molecule has 142 valence electrons. The summed E-state index contributed by atoms with van der Waals surface area (Å²) in [5.74, 6) is 0.897. The van der Waals surface area contributed by atoms with Crippen LogP contribution in [0, 0.1) is 0 Å². The van der Waals surface area contributed by atoms with E-state index in [0.717, 1.165) is 58.3 Å². The topological polar surface area (TPSA) is 48.9 Å². The van der Waals surface area contributed by atoms with E-state index >= 15 is 0 Å². The number of guanidine groups is 1. The first-order chi connectivity index (χ1) is 11.8. The quantitative estimate of drug-likeness (QED) is 0.198. The first kappa shape index (κ1) is 22.5. The predicted octanol–water partition coefficient (Wildman–Crippen LogP) is 2.80. The van der Waals surface area contributed by atoms with E-state index in [2.05, 4.69) is 58.0 Å². The standard InChI is InChI=1S/C18H30N4OS.HI/c1-3-19-18(20-9-4-10-22-11-13-23-14-12-22)21-15-16-5-7-17(24-2)8-6-16;/h5-8H,3-4,9-15H2,1-2H3,(H2,19,20,21);1H. The summed E-state index contributed by atoms with van der Waals surface area (Å²) in [6, 6.07) is 8.60. The van der Waals surface area contributed by atoms with E-state index in [-0.39, 0.29) is 24.0 Å². The molecule has 1 saturated heterocycles. The highest BCUT2D eigenvalue weighted by molar-refractivity contribution is 14.0. The monoisotopic (exact) mass is 478 g/mol. The van der Waals surface area contributed by atoms with Gasteiger partial charge in [0.1, 0.15) is 0 Å². The molecule has 7 heteroatoms. The second kappa shape index (κ2) is 13.7. The van der Waals surface area contributed by atoms with Crippen molar-refractivity contribution in [3.05, 3.63) is 29.8 Å². The lowest BCUT2D eigenvalue weighted by Crippen LogP contribution is -2.40. The van der Waals surface area contributed by atoms with E-state index < -0.39 is 0 Å². The molecule has 5 nitrogen and oxygen atoms in total. The lowest BCUT2D eigenvalue weighted by Gasteiger charge is -2.26. The van der Waals surface area contributed by atoms with Crippen LogP contribution in [0.5, 0.6) is 0 Å². The zero-order valence-electron chi connectivity index (χ0n) is 15.3. The van der Waals surface area contributed by atoms with Gasteiger partial charge in [-0.2, -0.15) is 0 Å². The van der Waals surface area contributed by atoms with Gasteiger partial charge in [-0.3, -0.25) is 4.90 Å². The van der Waals surface area contributed by atoms with Crippen LogP contribution < -0.4 is 10.6 Å². The number of hydrogen-bond acceptors (Lipinski definition) is 4. The number of nitrogens with zero attached hydrogens (tertiary/aromatic N) is 2. The van der Waals surface area contributed by atoms with Gasteiger partial charge in [-0.15, -0.1) is 35.7 Å². The maximum absolute atomic E-state index is 5.38. The van der Waals surface area contributed by atoms with Crippen molar-refractivity contribution in [2.24, 2.45) is 4.99 Å². The molecule has 1 aliphatic heterocycles. The Morgan fingerprint density at radius 3 is 2.56 bits per heavy atom. The molecule has 25 heavy (non-hydrogen) atoms. The third-order valence-corrected chi connectivity index (χ3v) is 4.71. The highest BCUT2D eigenvalue weighted by atomic mass is 127. The van der Waals surface area contributed by atoms with Crippen molar-refractivity contribution >= 4 is 41.7 Å². The van der Waals surface area contributed by atoms with Crippen LogP contribution in [-0.4, -0.2) is 63.1 Å². The summed E-state index contributed by atoms with van der Waals surface area (Å²) in [5.41, 5.74) is 1.23. The van der Waals surface area contributed by atoms with Crippen LogP contribution in [0.1, 0.15) is 18.9 Å². The van der Waals surface area contributed by atoms with Crippen molar-refractivity contribution < 1.29 is 4.74 Å². The highest BCUT2D eigenvalue weighted by Gasteiger charge is 2.09. The Labute approximate surface area is 173 Å². The molecule has 0 aliphatic carbocycles. The van der Waals surface area contributed by atoms with E-state index in [1.807, 2.05) is 0 Å².